The number of hydrogen-bond donors (Lipinski definition) is 2. The number of ether oxygens (including phenoxy) is 2. The molecule has 0 fully saturated rings. The quantitative estimate of drug-likeness (QED) is 0.333. The average Bonchev–Trinajstić information content (AvgIpc) is 3.31. The number of anilines is 2. The van der Waals surface area contributed by atoms with Gasteiger partial charge in [-0.05, 0) is 74.5 Å². The molecule has 0 aliphatic heterocycles. The van der Waals surface area contributed by atoms with Gasteiger partial charge in [0.25, 0.3) is 11.8 Å². The number of nitrogens with one attached hydrogen (secondary N) is 2. The highest BCUT2D eigenvalue weighted by Crippen LogP contribution is 2.17. The molecule has 4 rings (SSSR count). The topological polar surface area (TPSA) is 124 Å². The van der Waals surface area contributed by atoms with E-state index in [4.69, 9.17) is 9.47 Å². The van der Waals surface area contributed by atoms with E-state index in [0.717, 1.165) is 5.75 Å². The first-order valence-corrected chi connectivity index (χ1v) is 11.5. The summed E-state index contributed by atoms with van der Waals surface area (Å²) in [5, 5.41) is 13.8. The van der Waals surface area contributed by atoms with Crippen molar-refractivity contribution in [3.63, 3.8) is 0 Å². The summed E-state index contributed by atoms with van der Waals surface area (Å²) < 4.78 is 10.5. The fraction of sp³-hybridized carbons (Fsp3) is 0.148. The number of carbonyl (C=O) groups is 3. The van der Waals surface area contributed by atoms with Crippen LogP contribution in [-0.4, -0.2) is 46.0 Å². The first-order valence-electron chi connectivity index (χ1n) is 11.5. The Morgan fingerprint density at radius 2 is 1.49 bits per heavy atom. The Kier molecular flexibility index (Phi) is 7.89. The smallest absolute Gasteiger partial charge is 0.361 e. The normalized spacial score (nSPS) is 10.4. The minimum atomic E-state index is -0.754. The number of carbonyl (C=O) groups excluding carboxylic acids is 3. The zero-order valence-corrected chi connectivity index (χ0v) is 20.3. The molecule has 10 heteroatoms. The summed E-state index contributed by atoms with van der Waals surface area (Å²) in [6.45, 7) is 3.59. The van der Waals surface area contributed by atoms with E-state index in [9.17, 15) is 14.4 Å². The second-order valence-corrected chi connectivity index (χ2v) is 7.87. The first kappa shape index (κ1) is 25.1. The fourth-order valence-corrected chi connectivity index (χ4v) is 3.35. The summed E-state index contributed by atoms with van der Waals surface area (Å²) in [6.07, 6.45) is 0. The number of benzene rings is 3. The summed E-state index contributed by atoms with van der Waals surface area (Å²) in [5.41, 5.74) is 2.60. The molecule has 0 atom stereocenters. The lowest BCUT2D eigenvalue weighted by Gasteiger charge is -2.09. The van der Waals surface area contributed by atoms with Gasteiger partial charge in [0, 0.05) is 16.9 Å². The van der Waals surface area contributed by atoms with Crippen molar-refractivity contribution in [1.82, 2.24) is 15.0 Å². The molecule has 0 unspecified atom stereocenters. The Bertz CT molecular complexity index is 1380. The largest absolute Gasteiger partial charge is 0.494 e. The Morgan fingerprint density at radius 3 is 2.16 bits per heavy atom. The molecule has 0 spiro atoms. The molecule has 10 nitrogen and oxygen atoms in total. The monoisotopic (exact) mass is 499 g/mol. The number of hydrogen-bond acceptors (Lipinski definition) is 7. The second kappa shape index (κ2) is 11.6. The van der Waals surface area contributed by atoms with Crippen LogP contribution in [0.4, 0.5) is 11.4 Å². The standard InChI is InChI=1S/C27H25N5O5/c1-3-36-23-15-13-21(14-16-23)29-26(34)19-9-11-20(12-10-19)28-24(33)17-37-27(35)25-18(2)30-32(31-25)22-7-5-4-6-8-22/h4-16H,3,17H2,1-2H3,(H,28,33)(H,29,34). The van der Waals surface area contributed by atoms with Crippen molar-refractivity contribution in [1.29, 1.82) is 0 Å². The van der Waals surface area contributed by atoms with Crippen LogP contribution in [0.2, 0.25) is 0 Å². The molecular weight excluding hydrogens is 474 g/mol. The fourth-order valence-electron chi connectivity index (χ4n) is 3.35. The maximum absolute atomic E-state index is 12.5. The van der Waals surface area contributed by atoms with E-state index in [1.165, 1.54) is 4.80 Å². The third-order valence-corrected chi connectivity index (χ3v) is 5.15. The van der Waals surface area contributed by atoms with Crippen molar-refractivity contribution < 1.29 is 23.9 Å². The van der Waals surface area contributed by atoms with Gasteiger partial charge in [-0.2, -0.15) is 9.90 Å². The van der Waals surface area contributed by atoms with Gasteiger partial charge in [0.15, 0.2) is 12.3 Å². The Morgan fingerprint density at radius 1 is 0.838 bits per heavy atom. The third kappa shape index (κ3) is 6.57. The Labute approximate surface area is 213 Å². The van der Waals surface area contributed by atoms with Crippen molar-refractivity contribution in [3.8, 4) is 11.4 Å². The van der Waals surface area contributed by atoms with Gasteiger partial charge in [-0.15, -0.1) is 5.10 Å². The number of esters is 1. The number of amides is 2. The average molecular weight is 500 g/mol. The number of nitrogens with zero attached hydrogens (tertiary/aromatic N) is 3. The van der Waals surface area contributed by atoms with Crippen molar-refractivity contribution in [2.75, 3.05) is 23.8 Å². The van der Waals surface area contributed by atoms with Crippen LogP contribution in [0.25, 0.3) is 5.69 Å². The predicted octanol–water partition coefficient (Wildman–Crippen LogP) is 4.02. The number of rotatable bonds is 9. The van der Waals surface area contributed by atoms with Crippen LogP contribution in [0.3, 0.4) is 0 Å². The molecular formula is C27H25N5O5. The second-order valence-electron chi connectivity index (χ2n) is 7.87. The molecule has 0 bridgehead atoms. The molecule has 0 saturated carbocycles. The Balaban J connectivity index is 1.28. The number of para-hydroxylation sites is 1. The molecule has 2 amide bonds. The van der Waals surface area contributed by atoms with Gasteiger partial charge < -0.3 is 20.1 Å². The highest BCUT2D eigenvalue weighted by atomic mass is 16.5. The summed E-state index contributed by atoms with van der Waals surface area (Å²) in [7, 11) is 0. The van der Waals surface area contributed by atoms with E-state index in [-0.39, 0.29) is 11.6 Å². The van der Waals surface area contributed by atoms with Gasteiger partial charge in [0.1, 0.15) is 5.75 Å². The van der Waals surface area contributed by atoms with Crippen LogP contribution in [0.15, 0.2) is 78.9 Å². The van der Waals surface area contributed by atoms with Crippen molar-refractivity contribution >= 4 is 29.2 Å². The lowest BCUT2D eigenvalue weighted by Crippen LogP contribution is -2.21. The molecule has 0 aliphatic rings. The number of aromatic nitrogens is 3. The minimum Gasteiger partial charge on any atom is -0.494 e. The van der Waals surface area contributed by atoms with Gasteiger partial charge in [-0.1, -0.05) is 18.2 Å². The van der Waals surface area contributed by atoms with E-state index in [1.807, 2.05) is 25.1 Å². The first-order chi connectivity index (χ1) is 17.9. The molecule has 1 heterocycles. The van der Waals surface area contributed by atoms with Gasteiger partial charge in [0.05, 0.1) is 18.0 Å². The molecule has 2 N–H and O–H groups in total. The van der Waals surface area contributed by atoms with Crippen molar-refractivity contribution in [2.24, 2.45) is 0 Å². The minimum absolute atomic E-state index is 0.0274. The van der Waals surface area contributed by atoms with E-state index in [0.29, 0.717) is 34.9 Å². The maximum Gasteiger partial charge on any atom is 0.361 e. The predicted molar refractivity (Wildman–Crippen MR) is 137 cm³/mol. The summed E-state index contributed by atoms with van der Waals surface area (Å²) >= 11 is 0. The lowest BCUT2D eigenvalue weighted by molar-refractivity contribution is -0.119. The van der Waals surface area contributed by atoms with Crippen LogP contribution in [-0.2, 0) is 9.53 Å². The zero-order chi connectivity index (χ0) is 26.2. The van der Waals surface area contributed by atoms with Crippen LogP contribution in [0.5, 0.6) is 5.75 Å². The van der Waals surface area contributed by atoms with Crippen LogP contribution in [0, 0.1) is 6.92 Å². The van der Waals surface area contributed by atoms with Crippen LogP contribution in [0.1, 0.15) is 33.5 Å². The third-order valence-electron chi connectivity index (χ3n) is 5.15. The molecule has 0 radical (unpaired) electrons. The zero-order valence-electron chi connectivity index (χ0n) is 20.3. The van der Waals surface area contributed by atoms with Crippen molar-refractivity contribution in [2.45, 2.75) is 13.8 Å². The molecule has 0 saturated heterocycles. The van der Waals surface area contributed by atoms with Crippen molar-refractivity contribution in [3.05, 3.63) is 95.8 Å². The molecule has 37 heavy (non-hydrogen) atoms. The summed E-state index contributed by atoms with van der Waals surface area (Å²) in [5.74, 6) is -0.862. The molecule has 4 aromatic rings. The molecule has 1 aromatic heterocycles. The van der Waals surface area contributed by atoms with Gasteiger partial charge in [0.2, 0.25) is 0 Å². The number of aryl methyl sites for hydroxylation is 1. The SMILES string of the molecule is CCOc1ccc(NC(=O)c2ccc(NC(=O)COC(=O)c3nn(-c4ccccc4)nc3C)cc2)cc1. The van der Waals surface area contributed by atoms with E-state index in [2.05, 4.69) is 20.8 Å². The maximum atomic E-state index is 12.5. The van der Waals surface area contributed by atoms with Gasteiger partial charge in [-0.3, -0.25) is 9.59 Å². The highest BCUT2D eigenvalue weighted by Gasteiger charge is 2.19. The highest BCUT2D eigenvalue weighted by molar-refractivity contribution is 6.04. The van der Waals surface area contributed by atoms with E-state index >= 15 is 0 Å². The van der Waals surface area contributed by atoms with Crippen LogP contribution >= 0.6 is 0 Å². The summed E-state index contributed by atoms with van der Waals surface area (Å²) in [4.78, 5) is 38.5. The van der Waals surface area contributed by atoms with Gasteiger partial charge in [-0.25, -0.2) is 4.79 Å². The van der Waals surface area contributed by atoms with Crippen LogP contribution < -0.4 is 15.4 Å². The molecule has 188 valence electrons. The Hall–Kier alpha value is -4.99. The molecule has 0 aliphatic carbocycles. The molecule has 3 aromatic carbocycles. The lowest BCUT2D eigenvalue weighted by atomic mass is 10.2. The van der Waals surface area contributed by atoms with Gasteiger partial charge >= 0.3 is 5.97 Å². The van der Waals surface area contributed by atoms with E-state index < -0.39 is 18.5 Å². The summed E-state index contributed by atoms with van der Waals surface area (Å²) in [6, 6.07) is 22.5. The van der Waals surface area contributed by atoms with E-state index in [1.54, 1.807) is 67.6 Å².